The second kappa shape index (κ2) is 5.97. The SMILES string of the molecule is CN1C(=O)c2ccccc2[C@@H](C(=O)[O-])[C@H]1c1cc2c(cc1[N+](=O)[O-])OCO2. The maximum atomic E-state index is 12.8. The van der Waals surface area contributed by atoms with E-state index in [1.54, 1.807) is 12.1 Å². The highest BCUT2D eigenvalue weighted by Gasteiger charge is 2.43. The van der Waals surface area contributed by atoms with Gasteiger partial charge in [-0.2, -0.15) is 0 Å². The number of rotatable bonds is 3. The highest BCUT2D eigenvalue weighted by molar-refractivity contribution is 6.00. The number of carbonyl (C=O) groups is 2. The number of hydrogen-bond donors (Lipinski definition) is 0. The molecule has 0 saturated carbocycles. The minimum absolute atomic E-state index is 0.0452. The molecule has 2 heterocycles. The van der Waals surface area contributed by atoms with Crippen molar-refractivity contribution < 1.29 is 29.1 Å². The summed E-state index contributed by atoms with van der Waals surface area (Å²) in [6.45, 7) is -0.0951. The fourth-order valence-corrected chi connectivity index (χ4v) is 3.66. The van der Waals surface area contributed by atoms with Crippen LogP contribution in [0, 0.1) is 10.1 Å². The fraction of sp³-hybridized carbons (Fsp3) is 0.222. The highest BCUT2D eigenvalue weighted by Crippen LogP contribution is 2.48. The third-order valence-corrected chi connectivity index (χ3v) is 4.87. The molecule has 0 N–H and O–H groups in total. The molecule has 2 aliphatic heterocycles. The van der Waals surface area contributed by atoms with Crippen molar-refractivity contribution in [2.24, 2.45) is 0 Å². The second-order valence-corrected chi connectivity index (χ2v) is 6.27. The Morgan fingerprint density at radius 1 is 1.19 bits per heavy atom. The summed E-state index contributed by atoms with van der Waals surface area (Å²) in [5.41, 5.74) is 0.185. The monoisotopic (exact) mass is 369 g/mol. The van der Waals surface area contributed by atoms with Crippen LogP contribution in [0.4, 0.5) is 5.69 Å². The lowest BCUT2D eigenvalue weighted by Crippen LogP contribution is -2.46. The molecule has 2 aliphatic rings. The highest BCUT2D eigenvalue weighted by atomic mass is 16.7. The average molecular weight is 369 g/mol. The Bertz CT molecular complexity index is 988. The molecule has 0 saturated heterocycles. The molecular formula is C18H13N2O7-. The van der Waals surface area contributed by atoms with Crippen molar-refractivity contribution in [3.8, 4) is 11.5 Å². The molecule has 0 aromatic heterocycles. The first-order valence-electron chi connectivity index (χ1n) is 8.05. The number of carbonyl (C=O) groups excluding carboxylic acids is 2. The van der Waals surface area contributed by atoms with Crippen LogP contribution < -0.4 is 14.6 Å². The van der Waals surface area contributed by atoms with Crippen LogP contribution in [0.2, 0.25) is 0 Å². The minimum Gasteiger partial charge on any atom is -0.549 e. The Labute approximate surface area is 152 Å². The van der Waals surface area contributed by atoms with E-state index < -0.39 is 28.8 Å². The quantitative estimate of drug-likeness (QED) is 0.584. The van der Waals surface area contributed by atoms with Crippen molar-refractivity contribution in [2.45, 2.75) is 12.0 Å². The van der Waals surface area contributed by atoms with Gasteiger partial charge in [0.15, 0.2) is 11.5 Å². The first kappa shape index (κ1) is 16.8. The minimum atomic E-state index is -1.43. The van der Waals surface area contributed by atoms with E-state index in [9.17, 15) is 24.8 Å². The summed E-state index contributed by atoms with van der Waals surface area (Å²) in [7, 11) is 1.41. The molecule has 2 aromatic rings. The lowest BCUT2D eigenvalue weighted by Gasteiger charge is -2.40. The molecule has 9 heteroatoms. The number of carboxylic acids is 1. The number of ether oxygens (including phenoxy) is 2. The Kier molecular flexibility index (Phi) is 3.72. The molecule has 1 amide bonds. The van der Waals surface area contributed by atoms with Crippen molar-refractivity contribution in [3.05, 3.63) is 63.2 Å². The van der Waals surface area contributed by atoms with Crippen LogP contribution in [-0.4, -0.2) is 35.5 Å². The molecule has 0 unspecified atom stereocenters. The molecule has 9 nitrogen and oxygen atoms in total. The predicted octanol–water partition coefficient (Wildman–Crippen LogP) is 0.984. The summed E-state index contributed by atoms with van der Waals surface area (Å²) < 4.78 is 10.5. The van der Waals surface area contributed by atoms with Crippen LogP contribution in [0.25, 0.3) is 0 Å². The number of aliphatic carboxylic acids is 1. The first-order chi connectivity index (χ1) is 12.9. The van der Waals surface area contributed by atoms with Crippen LogP contribution in [0.1, 0.15) is 33.4 Å². The summed E-state index contributed by atoms with van der Waals surface area (Å²) in [5.74, 6) is -2.69. The van der Waals surface area contributed by atoms with Gasteiger partial charge in [0, 0.05) is 18.5 Å². The number of benzene rings is 2. The Balaban J connectivity index is 1.96. The van der Waals surface area contributed by atoms with Gasteiger partial charge in [0.1, 0.15) is 0 Å². The van der Waals surface area contributed by atoms with Gasteiger partial charge in [-0.25, -0.2) is 0 Å². The number of nitro benzene ring substituents is 1. The lowest BCUT2D eigenvalue weighted by atomic mass is 9.79. The summed E-state index contributed by atoms with van der Waals surface area (Å²) in [6, 6.07) is 7.69. The van der Waals surface area contributed by atoms with Crippen LogP contribution in [0.5, 0.6) is 11.5 Å². The number of hydrogen-bond acceptors (Lipinski definition) is 7. The van der Waals surface area contributed by atoms with E-state index in [2.05, 4.69) is 0 Å². The van der Waals surface area contributed by atoms with Gasteiger partial charge in [-0.3, -0.25) is 14.9 Å². The van der Waals surface area contributed by atoms with Gasteiger partial charge in [-0.05, 0) is 17.7 Å². The molecule has 27 heavy (non-hydrogen) atoms. The van der Waals surface area contributed by atoms with Gasteiger partial charge in [-0.15, -0.1) is 0 Å². The van der Waals surface area contributed by atoms with Gasteiger partial charge in [-0.1, -0.05) is 18.2 Å². The zero-order chi connectivity index (χ0) is 19.3. The van der Waals surface area contributed by atoms with E-state index in [1.165, 1.54) is 36.2 Å². The number of amides is 1. The van der Waals surface area contributed by atoms with Crippen molar-refractivity contribution in [1.29, 1.82) is 0 Å². The number of likely N-dealkylation sites (N-methyl/N-ethyl adjacent to an activating group) is 1. The van der Waals surface area contributed by atoms with Crippen molar-refractivity contribution in [1.82, 2.24) is 4.90 Å². The average Bonchev–Trinajstić information content (AvgIpc) is 3.10. The fourth-order valence-electron chi connectivity index (χ4n) is 3.66. The third-order valence-electron chi connectivity index (χ3n) is 4.87. The Morgan fingerprint density at radius 2 is 1.85 bits per heavy atom. The van der Waals surface area contributed by atoms with Crippen LogP contribution in [0.15, 0.2) is 36.4 Å². The van der Waals surface area contributed by atoms with Gasteiger partial charge in [0.25, 0.3) is 11.6 Å². The summed E-state index contributed by atoms with van der Waals surface area (Å²) >= 11 is 0. The van der Waals surface area contributed by atoms with Crippen LogP contribution >= 0.6 is 0 Å². The molecule has 0 bridgehead atoms. The van der Waals surface area contributed by atoms with Gasteiger partial charge < -0.3 is 24.3 Å². The maximum absolute atomic E-state index is 12.8. The number of carboxylic acid groups (broad SMARTS) is 1. The Morgan fingerprint density at radius 3 is 2.52 bits per heavy atom. The molecular weight excluding hydrogens is 356 g/mol. The van der Waals surface area contributed by atoms with E-state index in [0.717, 1.165) is 0 Å². The number of nitro groups is 1. The predicted molar refractivity (Wildman–Crippen MR) is 88.2 cm³/mol. The zero-order valence-electron chi connectivity index (χ0n) is 14.1. The number of fused-ring (bicyclic) bond motifs is 2. The summed E-state index contributed by atoms with van der Waals surface area (Å²) in [4.78, 5) is 36.9. The van der Waals surface area contributed by atoms with Gasteiger partial charge >= 0.3 is 0 Å². The molecule has 2 aromatic carbocycles. The van der Waals surface area contributed by atoms with Crippen LogP contribution in [0.3, 0.4) is 0 Å². The molecule has 0 fully saturated rings. The third kappa shape index (κ3) is 2.47. The van der Waals surface area contributed by atoms with E-state index in [0.29, 0.717) is 0 Å². The number of nitrogens with zero attached hydrogens (tertiary/aromatic N) is 2. The first-order valence-corrected chi connectivity index (χ1v) is 8.05. The largest absolute Gasteiger partial charge is 0.549 e. The summed E-state index contributed by atoms with van der Waals surface area (Å²) in [5, 5.41) is 23.6. The van der Waals surface area contributed by atoms with Crippen molar-refractivity contribution >= 4 is 17.6 Å². The van der Waals surface area contributed by atoms with Crippen LogP contribution in [-0.2, 0) is 4.79 Å². The van der Waals surface area contributed by atoms with E-state index >= 15 is 0 Å². The molecule has 138 valence electrons. The smallest absolute Gasteiger partial charge is 0.278 e. The maximum Gasteiger partial charge on any atom is 0.278 e. The van der Waals surface area contributed by atoms with E-state index in [-0.39, 0.29) is 40.7 Å². The molecule has 4 rings (SSSR count). The standard InChI is InChI=1S/C18H14N2O7/c1-19-16(11-6-13-14(27-8-26-13)7-12(11)20(24)25)15(18(22)23)9-4-2-3-5-10(9)17(19)21/h2-7,15-16H,8H2,1H3,(H,22,23)/p-1/t15-,16-/m1/s1. The van der Waals surface area contributed by atoms with E-state index in [1.807, 2.05) is 0 Å². The normalized spacial score (nSPS) is 20.3. The lowest BCUT2D eigenvalue weighted by molar-refractivity contribution is -0.386. The molecule has 0 aliphatic carbocycles. The molecule has 0 radical (unpaired) electrons. The topological polar surface area (TPSA) is 122 Å². The summed E-state index contributed by atoms with van der Waals surface area (Å²) in [6.07, 6.45) is 0. The second-order valence-electron chi connectivity index (χ2n) is 6.27. The van der Waals surface area contributed by atoms with Gasteiger partial charge in [0.05, 0.1) is 28.6 Å². The van der Waals surface area contributed by atoms with Crippen molar-refractivity contribution in [3.63, 3.8) is 0 Å². The molecule has 0 spiro atoms. The zero-order valence-corrected chi connectivity index (χ0v) is 14.1. The van der Waals surface area contributed by atoms with Gasteiger partial charge in [0.2, 0.25) is 6.79 Å². The van der Waals surface area contributed by atoms with E-state index in [4.69, 9.17) is 9.47 Å². The van der Waals surface area contributed by atoms with Crippen molar-refractivity contribution in [2.75, 3.05) is 13.8 Å². The molecule has 2 atom stereocenters. The Hall–Kier alpha value is -3.62.